The SMILES string of the molecule is Cc1nc(-c2ccc(N3CCOCC3)cc2)cs1. The first kappa shape index (κ1) is 11.7. The van der Waals surface area contributed by atoms with Crippen molar-refractivity contribution < 1.29 is 4.74 Å². The molecule has 0 radical (unpaired) electrons. The molecule has 1 aromatic carbocycles. The molecule has 1 aliphatic heterocycles. The average Bonchev–Trinajstić information content (AvgIpc) is 2.87. The zero-order valence-electron chi connectivity index (χ0n) is 10.4. The molecule has 0 aliphatic carbocycles. The molecule has 1 saturated heterocycles. The standard InChI is InChI=1S/C14H16N2OS/c1-11-15-14(10-18-11)12-2-4-13(5-3-12)16-6-8-17-9-7-16/h2-5,10H,6-9H2,1H3. The number of nitrogens with zero attached hydrogens (tertiary/aromatic N) is 2. The van der Waals surface area contributed by atoms with Crippen LogP contribution in [0.5, 0.6) is 0 Å². The van der Waals surface area contributed by atoms with Gasteiger partial charge >= 0.3 is 0 Å². The first-order chi connectivity index (χ1) is 8.83. The fourth-order valence-electron chi connectivity index (χ4n) is 2.16. The minimum absolute atomic E-state index is 0.826. The fourth-order valence-corrected chi connectivity index (χ4v) is 2.78. The van der Waals surface area contributed by atoms with E-state index in [-0.39, 0.29) is 0 Å². The van der Waals surface area contributed by atoms with Gasteiger partial charge in [0.2, 0.25) is 0 Å². The number of aromatic nitrogens is 1. The summed E-state index contributed by atoms with van der Waals surface area (Å²) in [5.74, 6) is 0. The van der Waals surface area contributed by atoms with E-state index >= 15 is 0 Å². The summed E-state index contributed by atoms with van der Waals surface area (Å²) < 4.78 is 5.37. The second kappa shape index (κ2) is 5.08. The Morgan fingerprint density at radius 3 is 2.50 bits per heavy atom. The van der Waals surface area contributed by atoms with Crippen LogP contribution in [0.15, 0.2) is 29.6 Å². The van der Waals surface area contributed by atoms with Crippen molar-refractivity contribution in [2.75, 3.05) is 31.2 Å². The Balaban J connectivity index is 1.80. The highest BCUT2D eigenvalue weighted by Gasteiger charge is 2.11. The van der Waals surface area contributed by atoms with Crippen molar-refractivity contribution in [2.45, 2.75) is 6.92 Å². The summed E-state index contributed by atoms with van der Waals surface area (Å²) in [6.07, 6.45) is 0. The third kappa shape index (κ3) is 2.40. The van der Waals surface area contributed by atoms with E-state index in [0.717, 1.165) is 37.0 Å². The van der Waals surface area contributed by atoms with Crippen LogP contribution in [0.1, 0.15) is 5.01 Å². The number of anilines is 1. The summed E-state index contributed by atoms with van der Waals surface area (Å²) in [7, 11) is 0. The molecule has 94 valence electrons. The molecule has 1 fully saturated rings. The molecule has 0 spiro atoms. The predicted octanol–water partition coefficient (Wildman–Crippen LogP) is 2.96. The Labute approximate surface area is 111 Å². The van der Waals surface area contributed by atoms with Crippen molar-refractivity contribution in [3.63, 3.8) is 0 Å². The molecule has 0 amide bonds. The molecule has 3 nitrogen and oxygen atoms in total. The van der Waals surface area contributed by atoms with Crippen LogP contribution in [0.2, 0.25) is 0 Å². The van der Waals surface area contributed by atoms with Gasteiger partial charge in [-0.3, -0.25) is 0 Å². The maximum Gasteiger partial charge on any atom is 0.0901 e. The maximum absolute atomic E-state index is 5.37. The van der Waals surface area contributed by atoms with Gasteiger partial charge < -0.3 is 9.64 Å². The van der Waals surface area contributed by atoms with E-state index in [2.05, 4.69) is 39.5 Å². The van der Waals surface area contributed by atoms with Crippen LogP contribution >= 0.6 is 11.3 Å². The van der Waals surface area contributed by atoms with E-state index < -0.39 is 0 Å². The van der Waals surface area contributed by atoms with Crippen LogP contribution in [0.3, 0.4) is 0 Å². The zero-order chi connectivity index (χ0) is 12.4. The van der Waals surface area contributed by atoms with E-state index in [0.29, 0.717) is 0 Å². The summed E-state index contributed by atoms with van der Waals surface area (Å²) >= 11 is 1.69. The lowest BCUT2D eigenvalue weighted by Crippen LogP contribution is -2.36. The normalized spacial score (nSPS) is 15.9. The Morgan fingerprint density at radius 1 is 1.17 bits per heavy atom. The zero-order valence-corrected chi connectivity index (χ0v) is 11.2. The number of ether oxygens (including phenoxy) is 1. The summed E-state index contributed by atoms with van der Waals surface area (Å²) in [6, 6.07) is 8.66. The largest absolute Gasteiger partial charge is 0.378 e. The molecule has 3 rings (SSSR count). The molecule has 0 unspecified atom stereocenters. The van der Waals surface area contributed by atoms with Gasteiger partial charge in [-0.1, -0.05) is 12.1 Å². The van der Waals surface area contributed by atoms with E-state index in [1.165, 1.54) is 11.3 Å². The summed E-state index contributed by atoms with van der Waals surface area (Å²) in [6.45, 7) is 5.65. The molecule has 0 N–H and O–H groups in total. The molecule has 1 aromatic heterocycles. The van der Waals surface area contributed by atoms with Gasteiger partial charge in [-0.25, -0.2) is 4.98 Å². The highest BCUT2D eigenvalue weighted by Crippen LogP contribution is 2.24. The topological polar surface area (TPSA) is 25.4 Å². The molecular formula is C14H16N2OS. The van der Waals surface area contributed by atoms with Gasteiger partial charge in [-0.2, -0.15) is 0 Å². The lowest BCUT2D eigenvalue weighted by molar-refractivity contribution is 0.122. The van der Waals surface area contributed by atoms with Crippen molar-refractivity contribution in [1.82, 2.24) is 4.98 Å². The molecule has 1 aliphatic rings. The number of aryl methyl sites for hydroxylation is 1. The second-order valence-corrected chi connectivity index (χ2v) is 5.46. The monoisotopic (exact) mass is 260 g/mol. The first-order valence-corrected chi connectivity index (χ1v) is 7.06. The van der Waals surface area contributed by atoms with Gasteiger partial charge in [0, 0.05) is 29.7 Å². The Hall–Kier alpha value is -1.39. The Morgan fingerprint density at radius 2 is 1.89 bits per heavy atom. The Kier molecular flexibility index (Phi) is 3.30. The van der Waals surface area contributed by atoms with Crippen LogP contribution in [0.4, 0.5) is 5.69 Å². The Bertz CT molecular complexity index is 515. The summed E-state index contributed by atoms with van der Waals surface area (Å²) in [5.41, 5.74) is 3.54. The summed E-state index contributed by atoms with van der Waals surface area (Å²) in [4.78, 5) is 6.87. The predicted molar refractivity (Wildman–Crippen MR) is 75.3 cm³/mol. The van der Waals surface area contributed by atoms with Crippen LogP contribution in [-0.2, 0) is 4.74 Å². The third-order valence-electron chi connectivity index (χ3n) is 3.16. The van der Waals surface area contributed by atoms with Crippen LogP contribution in [0.25, 0.3) is 11.3 Å². The quantitative estimate of drug-likeness (QED) is 0.830. The molecule has 4 heteroatoms. The number of hydrogen-bond acceptors (Lipinski definition) is 4. The van der Waals surface area contributed by atoms with Crippen molar-refractivity contribution in [2.24, 2.45) is 0 Å². The minimum Gasteiger partial charge on any atom is -0.378 e. The molecule has 18 heavy (non-hydrogen) atoms. The van der Waals surface area contributed by atoms with E-state index in [1.54, 1.807) is 11.3 Å². The lowest BCUT2D eigenvalue weighted by Gasteiger charge is -2.28. The lowest BCUT2D eigenvalue weighted by atomic mass is 10.1. The van der Waals surface area contributed by atoms with Gasteiger partial charge in [0.1, 0.15) is 0 Å². The van der Waals surface area contributed by atoms with Gasteiger partial charge in [0.15, 0.2) is 0 Å². The maximum atomic E-state index is 5.37. The highest BCUT2D eigenvalue weighted by atomic mass is 32.1. The van der Waals surface area contributed by atoms with Crippen LogP contribution < -0.4 is 4.90 Å². The second-order valence-electron chi connectivity index (χ2n) is 4.40. The number of rotatable bonds is 2. The summed E-state index contributed by atoms with van der Waals surface area (Å²) in [5, 5.41) is 3.22. The minimum atomic E-state index is 0.826. The van der Waals surface area contributed by atoms with E-state index in [9.17, 15) is 0 Å². The van der Waals surface area contributed by atoms with Gasteiger partial charge in [0.25, 0.3) is 0 Å². The van der Waals surface area contributed by atoms with Gasteiger partial charge in [-0.15, -0.1) is 11.3 Å². The van der Waals surface area contributed by atoms with Gasteiger partial charge in [0.05, 0.1) is 23.9 Å². The molecular weight excluding hydrogens is 244 g/mol. The smallest absolute Gasteiger partial charge is 0.0901 e. The molecule has 2 aromatic rings. The number of morpholine rings is 1. The molecule has 0 atom stereocenters. The van der Waals surface area contributed by atoms with E-state index in [1.807, 2.05) is 6.92 Å². The van der Waals surface area contributed by atoms with Crippen LogP contribution in [0, 0.1) is 6.92 Å². The van der Waals surface area contributed by atoms with Crippen LogP contribution in [-0.4, -0.2) is 31.3 Å². The van der Waals surface area contributed by atoms with Crippen molar-refractivity contribution in [3.05, 3.63) is 34.7 Å². The highest BCUT2D eigenvalue weighted by molar-refractivity contribution is 7.09. The first-order valence-electron chi connectivity index (χ1n) is 6.18. The molecule has 0 bridgehead atoms. The number of thiazole rings is 1. The van der Waals surface area contributed by atoms with Crippen molar-refractivity contribution >= 4 is 17.0 Å². The van der Waals surface area contributed by atoms with Gasteiger partial charge in [-0.05, 0) is 19.1 Å². The number of benzene rings is 1. The molecule has 0 saturated carbocycles. The fraction of sp³-hybridized carbons (Fsp3) is 0.357. The third-order valence-corrected chi connectivity index (χ3v) is 3.93. The van der Waals surface area contributed by atoms with E-state index in [4.69, 9.17) is 4.74 Å². The molecule has 2 heterocycles. The average molecular weight is 260 g/mol. The van der Waals surface area contributed by atoms with Crippen molar-refractivity contribution in [3.8, 4) is 11.3 Å². The number of hydrogen-bond donors (Lipinski definition) is 0. The van der Waals surface area contributed by atoms with Crippen molar-refractivity contribution in [1.29, 1.82) is 0 Å².